The molecule has 7 nitrogen and oxygen atoms in total. The molecule has 0 saturated carbocycles. The zero-order valence-corrected chi connectivity index (χ0v) is 23.0. The zero-order chi connectivity index (χ0) is 27.3. The molecule has 1 aromatic heterocycles. The molecule has 0 bridgehead atoms. The van der Waals surface area contributed by atoms with Crippen molar-refractivity contribution >= 4 is 17.5 Å². The lowest BCUT2D eigenvalue weighted by Gasteiger charge is -2.23. The summed E-state index contributed by atoms with van der Waals surface area (Å²) in [6.45, 7) is 5.73. The molecule has 3 aromatic rings. The zero-order valence-electron chi connectivity index (χ0n) is 23.0. The summed E-state index contributed by atoms with van der Waals surface area (Å²) in [6, 6.07) is 19.2. The Morgan fingerprint density at radius 2 is 1.68 bits per heavy atom. The number of aromatic nitrogens is 1. The number of nitrogens with zero attached hydrogens (tertiary/aromatic N) is 2. The highest BCUT2D eigenvalue weighted by Gasteiger charge is 2.19. The van der Waals surface area contributed by atoms with Gasteiger partial charge in [0, 0.05) is 48.8 Å². The van der Waals surface area contributed by atoms with E-state index in [1.54, 1.807) is 18.5 Å². The molecule has 7 heteroatoms. The van der Waals surface area contributed by atoms with Crippen molar-refractivity contribution < 1.29 is 9.59 Å². The molecule has 202 valence electrons. The Morgan fingerprint density at radius 3 is 2.32 bits per heavy atom. The molecule has 0 aliphatic carbocycles. The summed E-state index contributed by atoms with van der Waals surface area (Å²) in [7, 11) is 3.92. The van der Waals surface area contributed by atoms with Gasteiger partial charge in [-0.15, -0.1) is 0 Å². The molecule has 1 unspecified atom stereocenters. The van der Waals surface area contributed by atoms with Crippen LogP contribution in [0.5, 0.6) is 0 Å². The number of carbonyl (C=O) groups is 2. The van der Waals surface area contributed by atoms with Crippen LogP contribution >= 0.6 is 0 Å². The van der Waals surface area contributed by atoms with Crippen molar-refractivity contribution in [2.24, 2.45) is 0 Å². The molecular formula is C31H41N5O2. The summed E-state index contributed by atoms with van der Waals surface area (Å²) >= 11 is 0. The number of hydrogen-bond acceptors (Lipinski definition) is 5. The smallest absolute Gasteiger partial charge is 0.251 e. The molecule has 2 amide bonds. The van der Waals surface area contributed by atoms with Crippen molar-refractivity contribution in [2.45, 2.75) is 51.6 Å². The third-order valence-corrected chi connectivity index (χ3v) is 6.63. The van der Waals surface area contributed by atoms with Crippen LogP contribution in [-0.4, -0.2) is 50.0 Å². The van der Waals surface area contributed by atoms with Gasteiger partial charge in [-0.05, 0) is 75.2 Å². The standard InChI is InChI=1S/C31H41N5O2/c1-5-11-28(18-24-12-7-6-8-13-24)35-31(38)27-19-26(20-29(21-27)36(4)17-10-15-32-3)30(37)34-23(2)25-14-9-16-33-22-25/h6-9,12-14,16,19-23,28,32H,5,10-11,15,17-18H2,1-4H3,(H,34,37)(H,35,38)/t23?,28-/m1/s1. The van der Waals surface area contributed by atoms with Crippen molar-refractivity contribution in [1.82, 2.24) is 20.9 Å². The van der Waals surface area contributed by atoms with Gasteiger partial charge in [-0.1, -0.05) is 49.7 Å². The highest BCUT2D eigenvalue weighted by atomic mass is 16.2. The minimum atomic E-state index is -0.227. The average molecular weight is 516 g/mol. The first-order valence-electron chi connectivity index (χ1n) is 13.5. The van der Waals surface area contributed by atoms with Gasteiger partial charge < -0.3 is 20.9 Å². The van der Waals surface area contributed by atoms with Gasteiger partial charge in [0.25, 0.3) is 11.8 Å². The molecular weight excluding hydrogens is 474 g/mol. The molecule has 0 aliphatic rings. The molecule has 38 heavy (non-hydrogen) atoms. The van der Waals surface area contributed by atoms with E-state index in [1.807, 2.05) is 63.5 Å². The Balaban J connectivity index is 1.84. The lowest BCUT2D eigenvalue weighted by molar-refractivity contribution is 0.0934. The fraction of sp³-hybridized carbons (Fsp3) is 0.387. The molecule has 2 aromatic carbocycles. The van der Waals surface area contributed by atoms with Gasteiger partial charge in [0.1, 0.15) is 0 Å². The molecule has 2 atom stereocenters. The lowest BCUT2D eigenvalue weighted by atomic mass is 10.0. The van der Waals surface area contributed by atoms with E-state index in [0.717, 1.165) is 50.0 Å². The number of hydrogen-bond donors (Lipinski definition) is 3. The summed E-state index contributed by atoms with van der Waals surface area (Å²) < 4.78 is 0. The monoisotopic (exact) mass is 515 g/mol. The predicted molar refractivity (Wildman–Crippen MR) is 155 cm³/mol. The number of amides is 2. The average Bonchev–Trinajstić information content (AvgIpc) is 2.94. The van der Waals surface area contributed by atoms with E-state index in [2.05, 4.69) is 44.9 Å². The maximum Gasteiger partial charge on any atom is 0.251 e. The van der Waals surface area contributed by atoms with Crippen LogP contribution in [-0.2, 0) is 6.42 Å². The molecule has 1 heterocycles. The highest BCUT2D eigenvalue weighted by molar-refractivity contribution is 6.01. The maximum atomic E-state index is 13.5. The van der Waals surface area contributed by atoms with Gasteiger partial charge in [-0.3, -0.25) is 14.6 Å². The predicted octanol–water partition coefficient (Wildman–Crippen LogP) is 4.76. The number of anilines is 1. The van der Waals surface area contributed by atoms with Crippen LogP contribution in [0.1, 0.15) is 71.0 Å². The van der Waals surface area contributed by atoms with Crippen LogP contribution in [0.15, 0.2) is 73.1 Å². The summed E-state index contributed by atoms with van der Waals surface area (Å²) in [6.07, 6.45) is 7.00. The fourth-order valence-electron chi connectivity index (χ4n) is 4.45. The number of nitrogens with one attached hydrogen (secondary N) is 3. The van der Waals surface area contributed by atoms with Gasteiger partial charge in [-0.2, -0.15) is 0 Å². The van der Waals surface area contributed by atoms with Gasteiger partial charge in [0.2, 0.25) is 0 Å². The SMILES string of the molecule is CCC[C@H](Cc1ccccc1)NC(=O)c1cc(C(=O)NC(C)c2cccnc2)cc(N(C)CCCNC)c1. The van der Waals surface area contributed by atoms with Crippen LogP contribution in [0, 0.1) is 0 Å². The van der Waals surface area contributed by atoms with Gasteiger partial charge in [0.15, 0.2) is 0 Å². The van der Waals surface area contributed by atoms with E-state index in [4.69, 9.17) is 0 Å². The molecule has 0 aliphatic heterocycles. The normalized spacial score (nSPS) is 12.4. The molecule has 3 N–H and O–H groups in total. The second kappa shape index (κ2) is 14.9. The minimum Gasteiger partial charge on any atom is -0.375 e. The molecule has 0 radical (unpaired) electrons. The molecule has 0 fully saturated rings. The van der Waals surface area contributed by atoms with E-state index in [-0.39, 0.29) is 23.9 Å². The Kier molecular flexibility index (Phi) is 11.3. The summed E-state index contributed by atoms with van der Waals surface area (Å²) in [5.74, 6) is -0.394. The number of rotatable bonds is 14. The van der Waals surface area contributed by atoms with Crippen LogP contribution in [0.2, 0.25) is 0 Å². The van der Waals surface area contributed by atoms with Crippen LogP contribution in [0.3, 0.4) is 0 Å². The maximum absolute atomic E-state index is 13.5. The first-order valence-corrected chi connectivity index (χ1v) is 13.5. The Morgan fingerprint density at radius 1 is 0.974 bits per heavy atom. The third kappa shape index (κ3) is 8.70. The van der Waals surface area contributed by atoms with Crippen LogP contribution < -0.4 is 20.9 Å². The topological polar surface area (TPSA) is 86.4 Å². The van der Waals surface area contributed by atoms with E-state index >= 15 is 0 Å². The Bertz CT molecular complexity index is 1150. The van der Waals surface area contributed by atoms with Crippen molar-refractivity contribution in [1.29, 1.82) is 0 Å². The molecule has 3 rings (SSSR count). The van der Waals surface area contributed by atoms with Crippen molar-refractivity contribution in [3.05, 3.63) is 95.3 Å². The van der Waals surface area contributed by atoms with E-state index in [0.29, 0.717) is 11.1 Å². The lowest BCUT2D eigenvalue weighted by Crippen LogP contribution is -2.36. The third-order valence-electron chi connectivity index (χ3n) is 6.63. The van der Waals surface area contributed by atoms with Gasteiger partial charge in [0.05, 0.1) is 6.04 Å². The number of carbonyl (C=O) groups excluding carboxylic acids is 2. The quantitative estimate of drug-likeness (QED) is 0.270. The Hall–Kier alpha value is -3.71. The summed E-state index contributed by atoms with van der Waals surface area (Å²) in [5, 5.41) is 9.44. The first-order chi connectivity index (χ1) is 18.4. The van der Waals surface area contributed by atoms with Crippen LogP contribution in [0.4, 0.5) is 5.69 Å². The summed E-state index contributed by atoms with van der Waals surface area (Å²) in [4.78, 5) is 33.0. The molecule has 0 spiro atoms. The van der Waals surface area contributed by atoms with Crippen LogP contribution in [0.25, 0.3) is 0 Å². The van der Waals surface area contributed by atoms with Gasteiger partial charge >= 0.3 is 0 Å². The van der Waals surface area contributed by atoms with Gasteiger partial charge in [-0.25, -0.2) is 0 Å². The highest BCUT2D eigenvalue weighted by Crippen LogP contribution is 2.21. The second-order valence-corrected chi connectivity index (χ2v) is 9.78. The van der Waals surface area contributed by atoms with Crippen molar-refractivity contribution in [3.8, 4) is 0 Å². The number of benzene rings is 2. The Labute approximate surface area is 227 Å². The minimum absolute atomic E-state index is 0.00907. The first kappa shape index (κ1) is 28.9. The van der Waals surface area contributed by atoms with E-state index in [1.165, 1.54) is 5.56 Å². The van der Waals surface area contributed by atoms with E-state index < -0.39 is 0 Å². The largest absolute Gasteiger partial charge is 0.375 e. The van der Waals surface area contributed by atoms with E-state index in [9.17, 15) is 9.59 Å². The van der Waals surface area contributed by atoms with Crippen molar-refractivity contribution in [2.75, 3.05) is 32.1 Å². The van der Waals surface area contributed by atoms with Crippen molar-refractivity contribution in [3.63, 3.8) is 0 Å². The summed E-state index contributed by atoms with van der Waals surface area (Å²) in [5.41, 5.74) is 3.88. The molecule has 0 saturated heterocycles. The number of pyridine rings is 1. The fourth-order valence-corrected chi connectivity index (χ4v) is 4.45. The second-order valence-electron chi connectivity index (χ2n) is 9.78.